The molecule has 2 heterocycles. The molecule has 1 aromatic carbocycles. The molecule has 2 unspecified atom stereocenters. The van der Waals surface area contributed by atoms with E-state index in [4.69, 9.17) is 0 Å². The summed E-state index contributed by atoms with van der Waals surface area (Å²) in [5, 5.41) is 6.41. The molecule has 2 amide bonds. The summed E-state index contributed by atoms with van der Waals surface area (Å²) < 4.78 is 0. The summed E-state index contributed by atoms with van der Waals surface area (Å²) in [5.41, 5.74) is 1.74. The van der Waals surface area contributed by atoms with Crippen molar-refractivity contribution in [1.82, 2.24) is 10.2 Å². The molecule has 0 aromatic heterocycles. The van der Waals surface area contributed by atoms with Crippen LogP contribution in [0.3, 0.4) is 0 Å². The lowest BCUT2D eigenvalue weighted by molar-refractivity contribution is -0.118. The van der Waals surface area contributed by atoms with Gasteiger partial charge in [-0.25, -0.2) is 0 Å². The summed E-state index contributed by atoms with van der Waals surface area (Å²) in [6.45, 7) is 5.01. The Hall–Kier alpha value is -1.59. The van der Waals surface area contributed by atoms with Gasteiger partial charge in [-0.1, -0.05) is 0 Å². The summed E-state index contributed by atoms with van der Waals surface area (Å²) in [4.78, 5) is 27.2. The van der Waals surface area contributed by atoms with Gasteiger partial charge in [0.15, 0.2) is 0 Å². The van der Waals surface area contributed by atoms with Gasteiger partial charge in [-0.3, -0.25) is 9.59 Å². The maximum Gasteiger partial charge on any atom is 0.254 e. The van der Waals surface area contributed by atoms with Crippen molar-refractivity contribution in [1.29, 1.82) is 0 Å². The van der Waals surface area contributed by atoms with Crippen molar-refractivity contribution in [3.8, 4) is 0 Å². The highest BCUT2D eigenvalue weighted by atomic mass is 35.5. The lowest BCUT2D eigenvalue weighted by Gasteiger charge is -2.33. The average Bonchev–Trinajstić information content (AvgIpc) is 3.36. The van der Waals surface area contributed by atoms with Crippen molar-refractivity contribution in [3.63, 3.8) is 0 Å². The molecule has 1 saturated carbocycles. The Morgan fingerprint density at radius 2 is 1.85 bits per heavy atom. The Morgan fingerprint density at radius 1 is 1.15 bits per heavy atom. The van der Waals surface area contributed by atoms with Gasteiger partial charge < -0.3 is 15.5 Å². The van der Waals surface area contributed by atoms with Gasteiger partial charge in [-0.15, -0.1) is 12.4 Å². The molecule has 2 N–H and O–H groups in total. The van der Waals surface area contributed by atoms with E-state index < -0.39 is 0 Å². The van der Waals surface area contributed by atoms with E-state index in [1.165, 1.54) is 6.42 Å². The molecule has 4 rings (SSSR count). The van der Waals surface area contributed by atoms with Gasteiger partial charge in [0, 0.05) is 29.8 Å². The fourth-order valence-electron chi connectivity index (χ4n) is 4.69. The van der Waals surface area contributed by atoms with Gasteiger partial charge in [0.1, 0.15) is 0 Å². The van der Waals surface area contributed by atoms with Gasteiger partial charge in [0.2, 0.25) is 5.91 Å². The van der Waals surface area contributed by atoms with Crippen LogP contribution in [0.2, 0.25) is 0 Å². The first kappa shape index (κ1) is 20.2. The van der Waals surface area contributed by atoms with Crippen molar-refractivity contribution < 1.29 is 9.59 Å². The van der Waals surface area contributed by atoms with Gasteiger partial charge in [0.05, 0.1) is 0 Å². The second-order valence-corrected chi connectivity index (χ2v) is 8.28. The minimum absolute atomic E-state index is 0. The highest BCUT2D eigenvalue weighted by molar-refractivity contribution is 5.97. The number of hydrogen-bond donors (Lipinski definition) is 2. The van der Waals surface area contributed by atoms with E-state index >= 15 is 0 Å². The van der Waals surface area contributed by atoms with Crippen LogP contribution in [0.4, 0.5) is 5.69 Å². The number of nitrogens with zero attached hydrogens (tertiary/aromatic N) is 1. The van der Waals surface area contributed by atoms with Gasteiger partial charge in [-0.05, 0) is 88.2 Å². The van der Waals surface area contributed by atoms with Crippen LogP contribution in [0.5, 0.6) is 0 Å². The zero-order valence-corrected chi connectivity index (χ0v) is 16.8. The molecular weight excluding hydrogens is 362 g/mol. The summed E-state index contributed by atoms with van der Waals surface area (Å²) in [5.74, 6) is 0.390. The largest absolute Gasteiger partial charge is 0.336 e. The van der Waals surface area contributed by atoms with Crippen LogP contribution in [0.1, 0.15) is 55.8 Å². The van der Waals surface area contributed by atoms with E-state index in [-0.39, 0.29) is 35.6 Å². The lowest BCUT2D eigenvalue weighted by atomic mass is 9.92. The van der Waals surface area contributed by atoms with Crippen molar-refractivity contribution in [2.24, 2.45) is 11.3 Å². The number of likely N-dealkylation sites (tertiary alicyclic amines) is 1. The van der Waals surface area contributed by atoms with Crippen LogP contribution < -0.4 is 10.6 Å². The predicted molar refractivity (Wildman–Crippen MR) is 109 cm³/mol. The van der Waals surface area contributed by atoms with Crippen molar-refractivity contribution in [2.45, 2.75) is 51.5 Å². The molecule has 3 aliphatic rings. The van der Waals surface area contributed by atoms with Crippen molar-refractivity contribution >= 4 is 29.9 Å². The summed E-state index contributed by atoms with van der Waals surface area (Å²) in [6, 6.07) is 7.71. The number of carbonyl (C=O) groups excluding carboxylic acids is 2. The third-order valence-corrected chi connectivity index (χ3v) is 6.57. The fourth-order valence-corrected chi connectivity index (χ4v) is 4.69. The SMILES string of the molecule is CC1CCCCN1C(=O)c1ccc(NC(=O)C2CC23CCNCC3)cc1.Cl. The van der Waals surface area contributed by atoms with E-state index in [9.17, 15) is 9.59 Å². The molecule has 1 spiro atoms. The van der Waals surface area contributed by atoms with E-state index in [0.717, 1.165) is 57.4 Å². The van der Waals surface area contributed by atoms with Gasteiger partial charge in [0.25, 0.3) is 5.91 Å². The maximum atomic E-state index is 12.7. The molecule has 0 bridgehead atoms. The predicted octanol–water partition coefficient (Wildman–Crippen LogP) is 3.45. The van der Waals surface area contributed by atoms with E-state index in [2.05, 4.69) is 17.6 Å². The second-order valence-electron chi connectivity index (χ2n) is 8.28. The minimum Gasteiger partial charge on any atom is -0.336 e. The quantitative estimate of drug-likeness (QED) is 0.829. The molecule has 2 atom stereocenters. The van der Waals surface area contributed by atoms with E-state index in [1.54, 1.807) is 0 Å². The normalized spacial score (nSPS) is 26.2. The van der Waals surface area contributed by atoms with Crippen molar-refractivity contribution in [2.75, 3.05) is 25.0 Å². The number of amides is 2. The number of nitrogens with one attached hydrogen (secondary N) is 2. The standard InChI is InChI=1S/C21H29N3O2.ClH/c1-15-4-2-3-13-24(15)20(26)16-5-7-17(8-6-16)23-19(25)18-14-21(18)9-11-22-12-10-21;/h5-8,15,18,22H,2-4,9-14H2,1H3,(H,23,25);1H. The highest BCUT2D eigenvalue weighted by Crippen LogP contribution is 2.58. The number of rotatable bonds is 3. The fraction of sp³-hybridized carbons (Fsp3) is 0.619. The second kappa shape index (κ2) is 8.19. The Bertz CT molecular complexity index is 685. The molecule has 0 radical (unpaired) electrons. The number of anilines is 1. The first-order valence-electron chi connectivity index (χ1n) is 10.0. The number of halogens is 1. The topological polar surface area (TPSA) is 61.4 Å². The van der Waals surface area contributed by atoms with Crippen LogP contribution in [0.15, 0.2) is 24.3 Å². The first-order chi connectivity index (χ1) is 12.6. The number of hydrogen-bond acceptors (Lipinski definition) is 3. The van der Waals surface area contributed by atoms with Crippen LogP contribution in [-0.4, -0.2) is 42.4 Å². The zero-order chi connectivity index (χ0) is 18.1. The van der Waals surface area contributed by atoms with Crippen LogP contribution in [0.25, 0.3) is 0 Å². The molecule has 3 fully saturated rings. The molecule has 1 aromatic rings. The molecular formula is C21H30ClN3O2. The first-order valence-corrected chi connectivity index (χ1v) is 10.0. The molecule has 27 heavy (non-hydrogen) atoms. The summed E-state index contributed by atoms with van der Waals surface area (Å²) >= 11 is 0. The Kier molecular flexibility index (Phi) is 6.11. The molecule has 148 valence electrons. The third-order valence-electron chi connectivity index (χ3n) is 6.57. The van der Waals surface area contributed by atoms with E-state index in [1.807, 2.05) is 29.2 Å². The Morgan fingerprint density at radius 3 is 2.52 bits per heavy atom. The molecule has 2 saturated heterocycles. The van der Waals surface area contributed by atoms with E-state index in [0.29, 0.717) is 11.6 Å². The molecule has 1 aliphatic carbocycles. The lowest BCUT2D eigenvalue weighted by Crippen LogP contribution is -2.42. The summed E-state index contributed by atoms with van der Waals surface area (Å²) in [6.07, 6.45) is 6.60. The van der Waals surface area contributed by atoms with Crippen molar-refractivity contribution in [3.05, 3.63) is 29.8 Å². The van der Waals surface area contributed by atoms with Crippen LogP contribution in [0, 0.1) is 11.3 Å². The number of carbonyl (C=O) groups is 2. The van der Waals surface area contributed by atoms with Gasteiger partial charge >= 0.3 is 0 Å². The smallest absolute Gasteiger partial charge is 0.254 e. The monoisotopic (exact) mass is 391 g/mol. The maximum absolute atomic E-state index is 12.7. The average molecular weight is 392 g/mol. The van der Waals surface area contributed by atoms with Crippen LogP contribution >= 0.6 is 12.4 Å². The zero-order valence-electron chi connectivity index (χ0n) is 16.0. The highest BCUT2D eigenvalue weighted by Gasteiger charge is 2.57. The Labute approximate surface area is 167 Å². The molecule has 5 nitrogen and oxygen atoms in total. The third kappa shape index (κ3) is 4.14. The number of piperidine rings is 2. The van der Waals surface area contributed by atoms with Crippen LogP contribution in [-0.2, 0) is 4.79 Å². The molecule has 2 aliphatic heterocycles. The molecule has 6 heteroatoms. The Balaban J connectivity index is 0.00000210. The number of benzene rings is 1. The van der Waals surface area contributed by atoms with Gasteiger partial charge in [-0.2, -0.15) is 0 Å². The summed E-state index contributed by atoms with van der Waals surface area (Å²) in [7, 11) is 0. The minimum atomic E-state index is 0.